The Morgan fingerprint density at radius 1 is 1.35 bits per heavy atom. The summed E-state index contributed by atoms with van der Waals surface area (Å²) in [5.74, 6) is -2.27. The molecule has 2 N–H and O–H groups in total. The quantitative estimate of drug-likeness (QED) is 0.413. The van der Waals surface area contributed by atoms with Gasteiger partial charge in [-0.1, -0.05) is 23.7 Å². The topological polar surface area (TPSA) is 78.4 Å². The number of thiazole rings is 1. The van der Waals surface area contributed by atoms with Crippen LogP contribution in [0.25, 0.3) is 0 Å². The molecule has 180 valence electrons. The highest BCUT2D eigenvalue weighted by atomic mass is 35.5. The van der Waals surface area contributed by atoms with Crippen LogP contribution >= 0.6 is 22.9 Å². The molecule has 3 aromatic rings. The highest BCUT2D eigenvalue weighted by Gasteiger charge is 2.49. The molecular formula is C24H25ClF2N4O2S. The lowest BCUT2D eigenvalue weighted by Gasteiger charge is -2.50. The molecule has 6 nitrogen and oxygen atoms in total. The second kappa shape index (κ2) is 9.56. The van der Waals surface area contributed by atoms with Crippen LogP contribution in [0.4, 0.5) is 19.7 Å². The van der Waals surface area contributed by atoms with Gasteiger partial charge in [0.2, 0.25) is 0 Å². The molecule has 1 saturated heterocycles. The van der Waals surface area contributed by atoms with Crippen LogP contribution < -0.4 is 5.32 Å². The summed E-state index contributed by atoms with van der Waals surface area (Å²) in [4.78, 5) is 22.5. The molecule has 1 atom stereocenters. The number of anilines is 2. The number of piperidine rings is 1. The zero-order valence-electron chi connectivity index (χ0n) is 20.6. The molecule has 1 unspecified atom stereocenters. The van der Waals surface area contributed by atoms with Gasteiger partial charge in [0.1, 0.15) is 17.5 Å². The van der Waals surface area contributed by atoms with Gasteiger partial charge in [0.15, 0.2) is 5.13 Å². The molecule has 0 radical (unpaired) electrons. The number of nitrogens with zero attached hydrogens (tertiary/aromatic N) is 3. The number of carbonyl (C=O) groups is 1. The fraction of sp³-hybridized carbons (Fsp3) is 0.375. The second-order valence-electron chi connectivity index (χ2n) is 8.95. The van der Waals surface area contributed by atoms with E-state index in [0.29, 0.717) is 10.9 Å². The van der Waals surface area contributed by atoms with Crippen molar-refractivity contribution in [2.45, 2.75) is 45.1 Å². The normalized spacial score (nSPS) is 21.6. The Morgan fingerprint density at radius 2 is 2.15 bits per heavy atom. The maximum atomic E-state index is 14.8. The summed E-state index contributed by atoms with van der Waals surface area (Å²) >= 11 is 7.23. The number of aromatic nitrogens is 2. The number of hydrogen-bond donors (Lipinski definition) is 2. The number of carboxylic acids is 1. The molecule has 0 spiro atoms. The minimum absolute atomic E-state index is 0.00305. The zero-order chi connectivity index (χ0) is 26.3. The fourth-order valence-corrected chi connectivity index (χ4v) is 5.10. The Hall–Kier alpha value is -2.62. The SMILES string of the molecule is [2H]C([2H])(c1cccc(Cl)c1F)N1CCC(Cc2nc(Nc3nccs3)ccc2F)(C(=O)O)CC1(C)C. The molecule has 2 aromatic heterocycles. The fourth-order valence-electron chi connectivity index (χ4n) is 4.39. The van der Waals surface area contributed by atoms with Gasteiger partial charge in [-0.05, 0) is 44.9 Å². The van der Waals surface area contributed by atoms with Gasteiger partial charge in [0.05, 0.1) is 16.1 Å². The summed E-state index contributed by atoms with van der Waals surface area (Å²) in [6, 6.07) is 6.82. The van der Waals surface area contributed by atoms with Crippen molar-refractivity contribution in [2.75, 3.05) is 11.9 Å². The number of hydrogen-bond acceptors (Lipinski definition) is 6. The number of aliphatic carboxylic acids is 1. The van der Waals surface area contributed by atoms with E-state index < -0.39 is 35.1 Å². The standard InChI is InChI=1S/C24H25ClF2N4O2S/c1-23(2)14-24(21(32)33,8-10-31(23)13-15-4-3-5-16(25)20(15)27)12-18-17(26)6-7-19(29-18)30-22-28-9-11-34-22/h3-7,9,11H,8,10,12-14H2,1-2H3,(H,32,33)(H,28,29,30)/i13D2. The van der Waals surface area contributed by atoms with Crippen LogP contribution in [0.1, 0.15) is 40.7 Å². The lowest BCUT2D eigenvalue weighted by Crippen LogP contribution is -2.56. The van der Waals surface area contributed by atoms with Gasteiger partial charge >= 0.3 is 5.97 Å². The average Bonchev–Trinajstić information content (AvgIpc) is 3.30. The number of halogens is 3. The number of likely N-dealkylation sites (tertiary alicyclic amines) is 1. The first-order valence-corrected chi connectivity index (χ1v) is 11.9. The van der Waals surface area contributed by atoms with Crippen LogP contribution in [0.3, 0.4) is 0 Å². The number of rotatable bonds is 7. The van der Waals surface area contributed by atoms with E-state index in [2.05, 4.69) is 15.3 Å². The number of benzene rings is 1. The first-order valence-electron chi connectivity index (χ1n) is 11.6. The third-order valence-corrected chi connectivity index (χ3v) is 7.05. The molecule has 1 aliphatic heterocycles. The van der Waals surface area contributed by atoms with Crippen molar-refractivity contribution in [1.29, 1.82) is 0 Å². The third-order valence-electron chi connectivity index (χ3n) is 6.07. The summed E-state index contributed by atoms with van der Waals surface area (Å²) in [6.07, 6.45) is 1.43. The summed E-state index contributed by atoms with van der Waals surface area (Å²) in [5, 5.41) is 15.4. The molecule has 3 heterocycles. The van der Waals surface area contributed by atoms with Crippen molar-refractivity contribution >= 4 is 39.9 Å². The van der Waals surface area contributed by atoms with E-state index >= 15 is 0 Å². The first-order chi connectivity index (χ1) is 16.9. The van der Waals surface area contributed by atoms with Crippen LogP contribution in [-0.4, -0.2) is 38.0 Å². The van der Waals surface area contributed by atoms with Gasteiger partial charge < -0.3 is 10.4 Å². The third kappa shape index (κ3) is 5.06. The Labute approximate surface area is 208 Å². The Morgan fingerprint density at radius 3 is 2.82 bits per heavy atom. The Balaban J connectivity index is 1.63. The largest absolute Gasteiger partial charge is 0.481 e. The van der Waals surface area contributed by atoms with Crippen molar-refractivity contribution in [2.24, 2.45) is 5.41 Å². The van der Waals surface area contributed by atoms with Crippen molar-refractivity contribution in [3.63, 3.8) is 0 Å². The van der Waals surface area contributed by atoms with Crippen molar-refractivity contribution in [1.82, 2.24) is 14.9 Å². The monoisotopic (exact) mass is 508 g/mol. The van der Waals surface area contributed by atoms with E-state index in [4.69, 9.17) is 14.3 Å². The van der Waals surface area contributed by atoms with E-state index in [1.807, 2.05) is 0 Å². The molecule has 10 heteroatoms. The van der Waals surface area contributed by atoms with E-state index in [9.17, 15) is 18.7 Å². The van der Waals surface area contributed by atoms with Crippen molar-refractivity contribution in [3.05, 3.63) is 69.8 Å². The van der Waals surface area contributed by atoms with Crippen molar-refractivity contribution in [3.8, 4) is 0 Å². The Kier molecular flexibility index (Phi) is 6.15. The van der Waals surface area contributed by atoms with Gasteiger partial charge in [-0.3, -0.25) is 9.69 Å². The van der Waals surface area contributed by atoms with Gasteiger partial charge in [-0.15, -0.1) is 11.3 Å². The predicted molar refractivity (Wildman–Crippen MR) is 128 cm³/mol. The van der Waals surface area contributed by atoms with E-state index in [1.165, 1.54) is 46.6 Å². The summed E-state index contributed by atoms with van der Waals surface area (Å²) < 4.78 is 47.0. The molecule has 34 heavy (non-hydrogen) atoms. The van der Waals surface area contributed by atoms with Crippen molar-refractivity contribution < 1.29 is 21.4 Å². The van der Waals surface area contributed by atoms with Crippen LogP contribution in [0, 0.1) is 17.0 Å². The predicted octanol–water partition coefficient (Wildman–Crippen LogP) is 5.90. The first kappa shape index (κ1) is 21.9. The molecule has 1 aliphatic rings. The zero-order valence-corrected chi connectivity index (χ0v) is 20.2. The van der Waals surface area contributed by atoms with Gasteiger partial charge in [-0.2, -0.15) is 0 Å². The maximum absolute atomic E-state index is 14.8. The lowest BCUT2D eigenvalue weighted by molar-refractivity contribution is -0.156. The Bertz CT molecular complexity index is 1280. The summed E-state index contributed by atoms with van der Waals surface area (Å²) in [6.45, 7) is 1.14. The smallest absolute Gasteiger partial charge is 0.310 e. The van der Waals surface area contributed by atoms with Gasteiger partial charge in [-0.25, -0.2) is 18.7 Å². The van der Waals surface area contributed by atoms with Gasteiger partial charge in [0, 0.05) is 44.9 Å². The lowest BCUT2D eigenvalue weighted by atomic mass is 9.68. The molecule has 0 amide bonds. The summed E-state index contributed by atoms with van der Waals surface area (Å²) in [5.41, 5.74) is -2.66. The molecule has 4 rings (SSSR count). The summed E-state index contributed by atoms with van der Waals surface area (Å²) in [7, 11) is 0. The van der Waals surface area contributed by atoms with Crippen LogP contribution in [0.2, 0.25) is 5.02 Å². The van der Waals surface area contributed by atoms with Crippen LogP contribution in [0.15, 0.2) is 41.9 Å². The second-order valence-corrected chi connectivity index (χ2v) is 10.3. The number of carboxylic acid groups (broad SMARTS) is 1. The maximum Gasteiger partial charge on any atom is 0.310 e. The molecular weight excluding hydrogens is 482 g/mol. The highest BCUT2D eigenvalue weighted by Crippen LogP contribution is 2.44. The molecule has 0 aliphatic carbocycles. The minimum Gasteiger partial charge on any atom is -0.481 e. The number of nitrogens with one attached hydrogen (secondary N) is 1. The molecule has 0 bridgehead atoms. The molecule has 1 fully saturated rings. The van der Waals surface area contributed by atoms with E-state index in [-0.39, 0.29) is 42.1 Å². The van der Waals surface area contributed by atoms with Gasteiger partial charge in [0.25, 0.3) is 0 Å². The molecule has 1 aromatic carbocycles. The van der Waals surface area contributed by atoms with E-state index in [0.717, 1.165) is 0 Å². The number of pyridine rings is 1. The minimum atomic E-state index is -2.26. The average molecular weight is 509 g/mol. The van der Waals surface area contributed by atoms with Crippen LogP contribution in [-0.2, 0) is 17.7 Å². The van der Waals surface area contributed by atoms with E-state index in [1.54, 1.807) is 25.4 Å². The molecule has 0 saturated carbocycles. The highest BCUT2D eigenvalue weighted by molar-refractivity contribution is 7.13. The van der Waals surface area contributed by atoms with Crippen LogP contribution in [0.5, 0.6) is 0 Å².